The monoisotopic (exact) mass is 301 g/mol. The second kappa shape index (κ2) is 17.5. The Bertz CT molecular complexity index is 207. The largest absolute Gasteiger partial charge is 0.480 e. The molecule has 0 aliphatic rings. The number of hydrogen-bond donors (Lipinski definition) is 2. The molecule has 1 atom stereocenters. The molecule has 0 saturated heterocycles. The fourth-order valence-electron chi connectivity index (χ4n) is 2.17. The van der Waals surface area contributed by atoms with Crippen LogP contribution in [0.25, 0.3) is 0 Å². The molecule has 0 fully saturated rings. The Labute approximate surface area is 132 Å². The molecule has 0 spiro atoms. The van der Waals surface area contributed by atoms with Gasteiger partial charge in [0, 0.05) is 0 Å². The van der Waals surface area contributed by atoms with Crippen molar-refractivity contribution >= 4 is 5.97 Å². The quantitative estimate of drug-likeness (QED) is 0.476. The molecular weight excluding hydrogens is 262 g/mol. The first-order valence-electron chi connectivity index (χ1n) is 8.94. The smallest absolute Gasteiger partial charge is 0.320 e. The van der Waals surface area contributed by atoms with E-state index in [9.17, 15) is 4.79 Å². The number of rotatable bonds is 12. The highest BCUT2D eigenvalue weighted by Crippen LogP contribution is 2.09. The van der Waals surface area contributed by atoms with Crippen molar-refractivity contribution in [1.82, 2.24) is 0 Å². The molecule has 0 aromatic heterocycles. The van der Waals surface area contributed by atoms with Crippen molar-refractivity contribution in [3.05, 3.63) is 0 Å². The first-order valence-corrected chi connectivity index (χ1v) is 8.94. The molecule has 0 heterocycles. The summed E-state index contributed by atoms with van der Waals surface area (Å²) in [4.78, 5) is 10.1. The van der Waals surface area contributed by atoms with Gasteiger partial charge in [-0.1, -0.05) is 91.9 Å². The van der Waals surface area contributed by atoms with Crippen molar-refractivity contribution in [2.75, 3.05) is 0 Å². The van der Waals surface area contributed by atoms with Crippen LogP contribution < -0.4 is 5.73 Å². The van der Waals surface area contributed by atoms with E-state index in [0.717, 1.165) is 0 Å². The Kier molecular flexibility index (Phi) is 18.9. The molecule has 21 heavy (non-hydrogen) atoms. The zero-order valence-electron chi connectivity index (χ0n) is 14.9. The van der Waals surface area contributed by atoms with Gasteiger partial charge in [-0.15, -0.1) is 0 Å². The van der Waals surface area contributed by atoms with Gasteiger partial charge in [-0.05, 0) is 12.3 Å². The normalized spacial score (nSPS) is 11.9. The SMILES string of the molecule is CC(C)CC(N)C(=O)O.CCCCCCCCCCCC. The number of carboxylic acid groups (broad SMARTS) is 1. The summed E-state index contributed by atoms with van der Waals surface area (Å²) in [6, 6.07) is -0.690. The molecule has 128 valence electrons. The fraction of sp³-hybridized carbons (Fsp3) is 0.944. The van der Waals surface area contributed by atoms with Crippen LogP contribution in [-0.4, -0.2) is 17.1 Å². The second-order valence-corrected chi connectivity index (χ2v) is 6.40. The third kappa shape index (κ3) is 21.9. The van der Waals surface area contributed by atoms with E-state index in [1.54, 1.807) is 0 Å². The predicted molar refractivity (Wildman–Crippen MR) is 92.6 cm³/mol. The topological polar surface area (TPSA) is 63.3 Å². The van der Waals surface area contributed by atoms with Gasteiger partial charge >= 0.3 is 5.97 Å². The maximum absolute atomic E-state index is 10.1. The van der Waals surface area contributed by atoms with E-state index >= 15 is 0 Å². The van der Waals surface area contributed by atoms with Gasteiger partial charge in [0.2, 0.25) is 0 Å². The number of carbonyl (C=O) groups is 1. The van der Waals surface area contributed by atoms with Gasteiger partial charge in [-0.25, -0.2) is 0 Å². The Morgan fingerprint density at radius 1 is 0.857 bits per heavy atom. The van der Waals surface area contributed by atoms with Crippen molar-refractivity contribution in [1.29, 1.82) is 0 Å². The van der Waals surface area contributed by atoms with E-state index in [0.29, 0.717) is 12.3 Å². The number of nitrogens with two attached hydrogens (primary N) is 1. The highest BCUT2D eigenvalue weighted by molar-refractivity contribution is 5.72. The van der Waals surface area contributed by atoms with Crippen LogP contribution >= 0.6 is 0 Å². The Balaban J connectivity index is 0. The molecule has 3 heteroatoms. The molecule has 0 saturated carbocycles. The van der Waals surface area contributed by atoms with Crippen LogP contribution in [0.1, 0.15) is 98.3 Å². The number of unbranched alkanes of at least 4 members (excludes halogenated alkanes) is 9. The van der Waals surface area contributed by atoms with E-state index in [1.807, 2.05) is 13.8 Å². The van der Waals surface area contributed by atoms with Gasteiger partial charge in [-0.3, -0.25) is 4.79 Å². The molecule has 3 N–H and O–H groups in total. The van der Waals surface area contributed by atoms with Gasteiger partial charge in [0.05, 0.1) is 0 Å². The summed E-state index contributed by atoms with van der Waals surface area (Å²) >= 11 is 0. The lowest BCUT2D eigenvalue weighted by Gasteiger charge is -2.07. The number of carboxylic acids is 1. The third-order valence-corrected chi connectivity index (χ3v) is 3.50. The molecule has 0 aromatic rings. The second-order valence-electron chi connectivity index (χ2n) is 6.40. The van der Waals surface area contributed by atoms with E-state index in [4.69, 9.17) is 10.8 Å². The van der Waals surface area contributed by atoms with Crippen molar-refractivity contribution in [3.63, 3.8) is 0 Å². The maximum atomic E-state index is 10.1. The summed E-state index contributed by atoms with van der Waals surface area (Å²) in [6.07, 6.45) is 15.0. The average molecular weight is 302 g/mol. The van der Waals surface area contributed by atoms with E-state index in [1.165, 1.54) is 64.2 Å². The van der Waals surface area contributed by atoms with Crippen LogP contribution in [0, 0.1) is 5.92 Å². The minimum absolute atomic E-state index is 0.357. The minimum atomic E-state index is -0.913. The summed E-state index contributed by atoms with van der Waals surface area (Å²) in [7, 11) is 0. The lowest BCUT2D eigenvalue weighted by molar-refractivity contribution is -0.138. The summed E-state index contributed by atoms with van der Waals surface area (Å²) < 4.78 is 0. The fourth-order valence-corrected chi connectivity index (χ4v) is 2.17. The number of hydrogen-bond acceptors (Lipinski definition) is 2. The zero-order valence-corrected chi connectivity index (χ0v) is 14.9. The van der Waals surface area contributed by atoms with Crippen LogP contribution in [0.3, 0.4) is 0 Å². The summed E-state index contributed by atoms with van der Waals surface area (Å²) in [5.41, 5.74) is 5.22. The lowest BCUT2D eigenvalue weighted by atomic mass is 10.1. The summed E-state index contributed by atoms with van der Waals surface area (Å²) in [6.45, 7) is 8.45. The standard InChI is InChI=1S/C12H26.C6H13NO2/c1-3-5-7-9-11-12-10-8-6-4-2;1-4(2)3-5(7)6(8)9/h3-12H2,1-2H3;4-5H,3,7H2,1-2H3,(H,8,9). The van der Waals surface area contributed by atoms with Crippen molar-refractivity contribution in [3.8, 4) is 0 Å². The highest BCUT2D eigenvalue weighted by Gasteiger charge is 2.11. The molecule has 1 unspecified atom stereocenters. The maximum Gasteiger partial charge on any atom is 0.320 e. The first kappa shape index (κ1) is 22.7. The third-order valence-electron chi connectivity index (χ3n) is 3.50. The van der Waals surface area contributed by atoms with Crippen LogP contribution in [0.2, 0.25) is 0 Å². The van der Waals surface area contributed by atoms with E-state index in [2.05, 4.69) is 13.8 Å². The molecule has 0 rings (SSSR count). The molecule has 0 aromatic carbocycles. The Morgan fingerprint density at radius 2 is 1.19 bits per heavy atom. The van der Waals surface area contributed by atoms with Crippen LogP contribution in [0.4, 0.5) is 0 Å². The van der Waals surface area contributed by atoms with Crippen molar-refractivity contribution in [2.45, 2.75) is 104 Å². The van der Waals surface area contributed by atoms with Crippen molar-refractivity contribution < 1.29 is 9.90 Å². The van der Waals surface area contributed by atoms with Gasteiger partial charge in [0.25, 0.3) is 0 Å². The molecule has 0 bridgehead atoms. The lowest BCUT2D eigenvalue weighted by Crippen LogP contribution is -2.31. The molecule has 0 aliphatic carbocycles. The van der Waals surface area contributed by atoms with Gasteiger partial charge in [0.15, 0.2) is 0 Å². The molecule has 3 nitrogen and oxygen atoms in total. The Morgan fingerprint density at radius 3 is 1.38 bits per heavy atom. The predicted octanol–water partition coefficient (Wildman–Crippen LogP) is 5.37. The zero-order chi connectivity index (χ0) is 16.5. The average Bonchev–Trinajstić information content (AvgIpc) is 2.42. The summed E-state index contributed by atoms with van der Waals surface area (Å²) in [5, 5.41) is 8.31. The Hall–Kier alpha value is -0.570. The molecule has 0 amide bonds. The van der Waals surface area contributed by atoms with Gasteiger partial charge < -0.3 is 10.8 Å². The first-order chi connectivity index (χ1) is 9.95. The summed E-state index contributed by atoms with van der Waals surface area (Å²) in [5.74, 6) is -0.556. The molecule has 0 aliphatic heterocycles. The van der Waals surface area contributed by atoms with Crippen LogP contribution in [0.15, 0.2) is 0 Å². The number of aliphatic carboxylic acids is 1. The van der Waals surface area contributed by atoms with E-state index in [-0.39, 0.29) is 0 Å². The van der Waals surface area contributed by atoms with Gasteiger partial charge in [0.1, 0.15) is 6.04 Å². The van der Waals surface area contributed by atoms with Crippen molar-refractivity contribution in [2.24, 2.45) is 11.7 Å². The highest BCUT2D eigenvalue weighted by atomic mass is 16.4. The van der Waals surface area contributed by atoms with Crippen LogP contribution in [-0.2, 0) is 4.79 Å². The molecule has 0 radical (unpaired) electrons. The van der Waals surface area contributed by atoms with E-state index < -0.39 is 12.0 Å². The van der Waals surface area contributed by atoms with Crippen LogP contribution in [0.5, 0.6) is 0 Å². The van der Waals surface area contributed by atoms with Gasteiger partial charge in [-0.2, -0.15) is 0 Å². The minimum Gasteiger partial charge on any atom is -0.480 e. The molecular formula is C18H39NO2.